The summed E-state index contributed by atoms with van der Waals surface area (Å²) in [5.41, 5.74) is 1.01. The Labute approximate surface area is 155 Å². The number of alkyl halides is 3. The molecule has 0 saturated carbocycles. The molecular formula is C19H21F3N2O3. The van der Waals surface area contributed by atoms with Crippen LogP contribution in [-0.4, -0.2) is 26.4 Å². The van der Waals surface area contributed by atoms with Crippen molar-refractivity contribution in [2.75, 3.05) is 25.6 Å². The highest BCUT2D eigenvalue weighted by atomic mass is 19.4. The molecule has 0 aliphatic rings. The second-order valence-electron chi connectivity index (χ2n) is 5.85. The Hall–Kier alpha value is -2.74. The van der Waals surface area contributed by atoms with Crippen molar-refractivity contribution in [1.29, 1.82) is 0 Å². The minimum Gasteiger partial charge on any atom is -0.489 e. The molecule has 0 atom stereocenters. The molecule has 2 aromatic rings. The number of anilines is 1. The van der Waals surface area contributed by atoms with Crippen LogP contribution in [0.1, 0.15) is 16.7 Å². The number of rotatable bonds is 7. The Bertz CT molecular complexity index is 779. The highest BCUT2D eigenvalue weighted by Gasteiger charge is 2.30. The molecule has 0 aliphatic carbocycles. The van der Waals surface area contributed by atoms with Crippen LogP contribution in [0.25, 0.3) is 0 Å². The molecule has 0 heterocycles. The van der Waals surface area contributed by atoms with Crippen LogP contribution in [0.3, 0.4) is 0 Å². The van der Waals surface area contributed by atoms with Crippen LogP contribution in [0.4, 0.5) is 23.7 Å². The zero-order valence-corrected chi connectivity index (χ0v) is 15.0. The summed E-state index contributed by atoms with van der Waals surface area (Å²) in [6.07, 6.45) is -4.42. The van der Waals surface area contributed by atoms with Crippen molar-refractivity contribution in [3.8, 4) is 5.75 Å². The number of aryl methyl sites for hydroxylation is 1. The molecule has 0 aliphatic heterocycles. The first kappa shape index (κ1) is 20.6. The number of urea groups is 1. The van der Waals surface area contributed by atoms with Crippen molar-refractivity contribution in [3.05, 3.63) is 59.2 Å². The Morgan fingerprint density at radius 1 is 1.11 bits per heavy atom. The maximum atomic E-state index is 12.7. The molecule has 8 heteroatoms. The number of methoxy groups -OCH3 is 1. The molecule has 0 saturated heterocycles. The van der Waals surface area contributed by atoms with E-state index in [2.05, 4.69) is 10.6 Å². The summed E-state index contributed by atoms with van der Waals surface area (Å²) in [6.45, 7) is 2.57. The van der Waals surface area contributed by atoms with E-state index in [1.807, 2.05) is 13.0 Å². The number of ether oxygens (including phenoxy) is 2. The molecule has 0 radical (unpaired) electrons. The van der Waals surface area contributed by atoms with Crippen LogP contribution >= 0.6 is 0 Å². The summed E-state index contributed by atoms with van der Waals surface area (Å²) in [5.74, 6) is 0.487. The average Bonchev–Trinajstić information content (AvgIpc) is 2.62. The van der Waals surface area contributed by atoms with Crippen molar-refractivity contribution < 1.29 is 27.4 Å². The summed E-state index contributed by atoms with van der Waals surface area (Å²) in [6, 6.07) is 9.55. The Morgan fingerprint density at radius 3 is 2.59 bits per heavy atom. The minimum atomic E-state index is -4.42. The molecule has 5 nitrogen and oxygen atoms in total. The lowest BCUT2D eigenvalue weighted by atomic mass is 10.1. The van der Waals surface area contributed by atoms with E-state index in [1.54, 1.807) is 19.2 Å². The minimum absolute atomic E-state index is 0.0402. The number of halogens is 3. The van der Waals surface area contributed by atoms with Gasteiger partial charge in [-0.2, -0.15) is 13.2 Å². The summed E-state index contributed by atoms with van der Waals surface area (Å²) >= 11 is 0. The molecule has 0 unspecified atom stereocenters. The van der Waals surface area contributed by atoms with Gasteiger partial charge >= 0.3 is 12.2 Å². The molecule has 146 valence electrons. The summed E-state index contributed by atoms with van der Waals surface area (Å²) in [7, 11) is 1.56. The Kier molecular flexibility index (Phi) is 7.06. The zero-order valence-electron chi connectivity index (χ0n) is 15.0. The molecule has 2 rings (SSSR count). The van der Waals surface area contributed by atoms with Crippen LogP contribution in [0, 0.1) is 6.92 Å². The Morgan fingerprint density at radius 2 is 1.89 bits per heavy atom. The molecule has 0 bridgehead atoms. The molecule has 0 aromatic heterocycles. The molecule has 27 heavy (non-hydrogen) atoms. The van der Waals surface area contributed by atoms with Gasteiger partial charge in [0.2, 0.25) is 0 Å². The largest absolute Gasteiger partial charge is 0.489 e. The molecule has 0 spiro atoms. The quantitative estimate of drug-likeness (QED) is 0.700. The SMILES string of the molecule is COCCOc1cc(C)ccc1NC(=O)NCc1cccc(C(F)(F)F)c1. The molecular weight excluding hydrogens is 361 g/mol. The van der Waals surface area contributed by atoms with Gasteiger partial charge in [-0.3, -0.25) is 0 Å². The van der Waals surface area contributed by atoms with E-state index in [1.165, 1.54) is 12.1 Å². The van der Waals surface area contributed by atoms with Crippen LogP contribution in [0.5, 0.6) is 5.75 Å². The van der Waals surface area contributed by atoms with Gasteiger partial charge in [0.1, 0.15) is 12.4 Å². The van der Waals surface area contributed by atoms with Gasteiger partial charge in [0.15, 0.2) is 0 Å². The normalized spacial score (nSPS) is 11.1. The lowest BCUT2D eigenvalue weighted by Gasteiger charge is -2.14. The molecule has 2 aromatic carbocycles. The van der Waals surface area contributed by atoms with Crippen LogP contribution < -0.4 is 15.4 Å². The van der Waals surface area contributed by atoms with E-state index >= 15 is 0 Å². The van der Waals surface area contributed by atoms with Crippen molar-refractivity contribution in [1.82, 2.24) is 5.32 Å². The van der Waals surface area contributed by atoms with Gasteiger partial charge in [-0.05, 0) is 42.3 Å². The number of nitrogens with one attached hydrogen (secondary N) is 2. The molecule has 0 fully saturated rings. The second kappa shape index (κ2) is 9.27. The van der Waals surface area contributed by atoms with Crippen LogP contribution in [-0.2, 0) is 17.5 Å². The fourth-order valence-electron chi connectivity index (χ4n) is 2.29. The maximum absolute atomic E-state index is 12.7. The first-order valence-electron chi connectivity index (χ1n) is 8.23. The van der Waals surface area contributed by atoms with Gasteiger partial charge in [-0.1, -0.05) is 18.2 Å². The van der Waals surface area contributed by atoms with Gasteiger partial charge in [-0.15, -0.1) is 0 Å². The lowest BCUT2D eigenvalue weighted by molar-refractivity contribution is -0.137. The predicted molar refractivity (Wildman–Crippen MR) is 95.9 cm³/mol. The van der Waals surface area contributed by atoms with Crippen molar-refractivity contribution >= 4 is 11.7 Å². The standard InChI is InChI=1S/C19H21F3N2O3/c1-13-6-7-16(17(10-13)27-9-8-26-2)24-18(25)23-12-14-4-3-5-15(11-14)19(20,21)22/h3-7,10-11H,8-9,12H2,1-2H3,(H2,23,24,25). The first-order chi connectivity index (χ1) is 12.8. The lowest BCUT2D eigenvalue weighted by Crippen LogP contribution is -2.28. The highest BCUT2D eigenvalue weighted by molar-refractivity contribution is 5.90. The van der Waals surface area contributed by atoms with Crippen molar-refractivity contribution in [2.45, 2.75) is 19.6 Å². The van der Waals surface area contributed by atoms with Crippen LogP contribution in [0.2, 0.25) is 0 Å². The van der Waals surface area contributed by atoms with Gasteiger partial charge in [-0.25, -0.2) is 4.79 Å². The predicted octanol–water partition coefficient (Wildman–Crippen LogP) is 4.36. The Balaban J connectivity index is 1.98. The van der Waals surface area contributed by atoms with Crippen LogP contribution in [0.15, 0.2) is 42.5 Å². The van der Waals surface area contributed by atoms with E-state index in [9.17, 15) is 18.0 Å². The number of hydrogen-bond acceptors (Lipinski definition) is 3. The smallest absolute Gasteiger partial charge is 0.416 e. The fraction of sp³-hybridized carbons (Fsp3) is 0.316. The highest BCUT2D eigenvalue weighted by Crippen LogP contribution is 2.29. The number of carbonyl (C=O) groups is 1. The topological polar surface area (TPSA) is 59.6 Å². The summed E-state index contributed by atoms with van der Waals surface area (Å²) < 4.78 is 48.7. The monoisotopic (exact) mass is 382 g/mol. The van der Waals surface area contributed by atoms with E-state index in [0.717, 1.165) is 17.7 Å². The molecule has 2 N–H and O–H groups in total. The van der Waals surface area contributed by atoms with E-state index in [0.29, 0.717) is 30.2 Å². The zero-order chi connectivity index (χ0) is 19.9. The summed E-state index contributed by atoms with van der Waals surface area (Å²) in [5, 5.41) is 5.18. The fourth-order valence-corrected chi connectivity index (χ4v) is 2.29. The number of amides is 2. The first-order valence-corrected chi connectivity index (χ1v) is 8.23. The van der Waals surface area contributed by atoms with Crippen molar-refractivity contribution in [3.63, 3.8) is 0 Å². The van der Waals surface area contributed by atoms with E-state index < -0.39 is 17.8 Å². The van der Waals surface area contributed by atoms with Gasteiger partial charge in [0, 0.05) is 13.7 Å². The maximum Gasteiger partial charge on any atom is 0.416 e. The van der Waals surface area contributed by atoms with Gasteiger partial charge < -0.3 is 20.1 Å². The van der Waals surface area contributed by atoms with Crippen molar-refractivity contribution in [2.24, 2.45) is 0 Å². The second-order valence-corrected chi connectivity index (χ2v) is 5.85. The van der Waals surface area contributed by atoms with Gasteiger partial charge in [0.05, 0.1) is 17.9 Å². The number of benzene rings is 2. The number of hydrogen-bond donors (Lipinski definition) is 2. The molecule has 2 amide bonds. The van der Waals surface area contributed by atoms with E-state index in [-0.39, 0.29) is 6.54 Å². The van der Waals surface area contributed by atoms with Gasteiger partial charge in [0.25, 0.3) is 0 Å². The van der Waals surface area contributed by atoms with E-state index in [4.69, 9.17) is 9.47 Å². The number of carbonyl (C=O) groups excluding carboxylic acids is 1. The third kappa shape index (κ3) is 6.49. The average molecular weight is 382 g/mol. The summed E-state index contributed by atoms with van der Waals surface area (Å²) in [4.78, 5) is 12.1. The third-order valence-electron chi connectivity index (χ3n) is 3.64. The third-order valence-corrected chi connectivity index (χ3v) is 3.64.